The lowest BCUT2D eigenvalue weighted by Crippen LogP contribution is -2.25. The number of rotatable bonds is 8. The molecule has 2 N–H and O–H groups in total. The quantitative estimate of drug-likeness (QED) is 0.675. The summed E-state index contributed by atoms with van der Waals surface area (Å²) in [4.78, 5) is 24.0. The summed E-state index contributed by atoms with van der Waals surface area (Å²) in [5.41, 5.74) is 3.29. The van der Waals surface area contributed by atoms with Crippen molar-refractivity contribution >= 4 is 17.5 Å². The summed E-state index contributed by atoms with van der Waals surface area (Å²) in [5, 5.41) is 5.74. The van der Waals surface area contributed by atoms with Crippen LogP contribution in [0.5, 0.6) is 0 Å². The summed E-state index contributed by atoms with van der Waals surface area (Å²) < 4.78 is 5.02. The van der Waals surface area contributed by atoms with Crippen molar-refractivity contribution in [2.75, 3.05) is 11.9 Å². The van der Waals surface area contributed by atoms with Crippen LogP contribution in [-0.4, -0.2) is 18.4 Å². The molecule has 0 aliphatic carbocycles. The van der Waals surface area contributed by atoms with Crippen LogP contribution in [-0.2, 0) is 4.79 Å². The Kier molecular flexibility index (Phi) is 7.01. The molecule has 2 rings (SSSR count). The normalized spacial score (nSPS) is 11.0. The molecule has 2 amide bonds. The zero-order valence-corrected chi connectivity index (χ0v) is 16.0. The molecule has 0 aliphatic heterocycles. The van der Waals surface area contributed by atoms with Gasteiger partial charge in [0.05, 0.1) is 6.26 Å². The minimum atomic E-state index is -0.262. The van der Waals surface area contributed by atoms with Gasteiger partial charge in [0, 0.05) is 18.7 Å². The molecule has 0 saturated carbocycles. The van der Waals surface area contributed by atoms with Crippen LogP contribution in [0.1, 0.15) is 74.1 Å². The van der Waals surface area contributed by atoms with Gasteiger partial charge in [0.2, 0.25) is 5.91 Å². The van der Waals surface area contributed by atoms with E-state index in [1.807, 2.05) is 6.07 Å². The molecule has 0 spiro atoms. The minimum Gasteiger partial charge on any atom is -0.459 e. The largest absolute Gasteiger partial charge is 0.459 e. The van der Waals surface area contributed by atoms with E-state index >= 15 is 0 Å². The van der Waals surface area contributed by atoms with Crippen molar-refractivity contribution in [3.8, 4) is 0 Å². The van der Waals surface area contributed by atoms with Crippen molar-refractivity contribution in [1.29, 1.82) is 0 Å². The van der Waals surface area contributed by atoms with Crippen LogP contribution in [0, 0.1) is 0 Å². The fourth-order valence-corrected chi connectivity index (χ4v) is 2.69. The molecule has 140 valence electrons. The van der Waals surface area contributed by atoms with E-state index in [1.54, 1.807) is 12.1 Å². The first kappa shape index (κ1) is 19.8. The molecule has 1 heterocycles. The second-order valence-electron chi connectivity index (χ2n) is 7.04. The van der Waals surface area contributed by atoms with Gasteiger partial charge in [0.15, 0.2) is 5.76 Å². The molecule has 0 saturated heterocycles. The van der Waals surface area contributed by atoms with Crippen molar-refractivity contribution < 1.29 is 14.0 Å². The van der Waals surface area contributed by atoms with E-state index in [-0.39, 0.29) is 17.6 Å². The Morgan fingerprint density at radius 2 is 1.85 bits per heavy atom. The fraction of sp³-hybridized carbons (Fsp3) is 0.429. The first-order chi connectivity index (χ1) is 12.4. The molecule has 0 unspecified atom stereocenters. The van der Waals surface area contributed by atoms with Gasteiger partial charge in [-0.15, -0.1) is 0 Å². The van der Waals surface area contributed by atoms with Gasteiger partial charge in [0.25, 0.3) is 5.91 Å². The van der Waals surface area contributed by atoms with Crippen LogP contribution in [0.4, 0.5) is 5.69 Å². The van der Waals surface area contributed by atoms with Gasteiger partial charge in [-0.05, 0) is 47.6 Å². The Morgan fingerprint density at radius 3 is 2.46 bits per heavy atom. The maximum absolute atomic E-state index is 12.2. The number of amides is 2. The zero-order chi connectivity index (χ0) is 19.1. The zero-order valence-electron chi connectivity index (χ0n) is 16.0. The Balaban J connectivity index is 1.84. The summed E-state index contributed by atoms with van der Waals surface area (Å²) >= 11 is 0. The molecule has 26 heavy (non-hydrogen) atoms. The van der Waals surface area contributed by atoms with E-state index in [0.717, 1.165) is 11.3 Å². The standard InChI is InChI=1S/C21H28N2O3/c1-14(2)16-9-10-18(17(13-16)15(3)4)23-20(24)8-5-11-22-21(25)19-7-6-12-26-19/h6-7,9-10,12-15H,5,8,11H2,1-4H3,(H,22,25)(H,23,24). The highest BCUT2D eigenvalue weighted by atomic mass is 16.3. The maximum Gasteiger partial charge on any atom is 0.286 e. The molecule has 0 radical (unpaired) electrons. The first-order valence-electron chi connectivity index (χ1n) is 9.14. The number of hydrogen-bond donors (Lipinski definition) is 2. The molecule has 5 heteroatoms. The van der Waals surface area contributed by atoms with Gasteiger partial charge in [-0.2, -0.15) is 0 Å². The number of anilines is 1. The van der Waals surface area contributed by atoms with Crippen molar-refractivity contribution in [2.24, 2.45) is 0 Å². The Morgan fingerprint density at radius 1 is 1.08 bits per heavy atom. The van der Waals surface area contributed by atoms with Gasteiger partial charge in [0.1, 0.15) is 0 Å². The van der Waals surface area contributed by atoms with Crippen LogP contribution in [0.2, 0.25) is 0 Å². The minimum absolute atomic E-state index is 0.0450. The van der Waals surface area contributed by atoms with Crippen LogP contribution in [0.15, 0.2) is 41.0 Å². The van der Waals surface area contributed by atoms with Crippen LogP contribution >= 0.6 is 0 Å². The highest BCUT2D eigenvalue weighted by molar-refractivity contribution is 5.92. The number of furan rings is 1. The highest BCUT2D eigenvalue weighted by Gasteiger charge is 2.12. The van der Waals surface area contributed by atoms with Gasteiger partial charge < -0.3 is 15.1 Å². The summed E-state index contributed by atoms with van der Waals surface area (Å²) in [5.74, 6) is 0.756. The molecular formula is C21H28N2O3. The lowest BCUT2D eigenvalue weighted by molar-refractivity contribution is -0.116. The van der Waals surface area contributed by atoms with Crippen LogP contribution in [0.3, 0.4) is 0 Å². The van der Waals surface area contributed by atoms with Crippen molar-refractivity contribution in [3.63, 3.8) is 0 Å². The monoisotopic (exact) mass is 356 g/mol. The molecule has 0 atom stereocenters. The van der Waals surface area contributed by atoms with E-state index in [2.05, 4.69) is 50.5 Å². The molecule has 5 nitrogen and oxygen atoms in total. The number of carbonyl (C=O) groups excluding carboxylic acids is 2. The molecule has 0 bridgehead atoms. The van der Waals surface area contributed by atoms with Crippen molar-refractivity contribution in [3.05, 3.63) is 53.5 Å². The summed E-state index contributed by atoms with van der Waals surface area (Å²) in [6.07, 6.45) is 2.38. The summed E-state index contributed by atoms with van der Waals surface area (Å²) in [7, 11) is 0. The van der Waals surface area contributed by atoms with Gasteiger partial charge in [-0.25, -0.2) is 0 Å². The number of hydrogen-bond acceptors (Lipinski definition) is 3. The van der Waals surface area contributed by atoms with Gasteiger partial charge >= 0.3 is 0 Å². The Bertz CT molecular complexity index is 734. The molecule has 1 aromatic heterocycles. The topological polar surface area (TPSA) is 71.3 Å². The molecule has 0 aliphatic rings. The lowest BCUT2D eigenvalue weighted by atomic mass is 9.94. The number of carbonyl (C=O) groups is 2. The summed E-state index contributed by atoms with van der Waals surface area (Å²) in [6.45, 7) is 9.00. The average Bonchev–Trinajstić information content (AvgIpc) is 3.13. The second-order valence-corrected chi connectivity index (χ2v) is 7.04. The predicted molar refractivity (Wildman–Crippen MR) is 104 cm³/mol. The smallest absolute Gasteiger partial charge is 0.286 e. The fourth-order valence-electron chi connectivity index (χ4n) is 2.69. The average molecular weight is 356 g/mol. The van der Waals surface area contributed by atoms with E-state index in [0.29, 0.717) is 31.2 Å². The number of benzene rings is 1. The maximum atomic E-state index is 12.2. The number of nitrogens with one attached hydrogen (secondary N) is 2. The molecule has 0 fully saturated rings. The molecular weight excluding hydrogens is 328 g/mol. The predicted octanol–water partition coefficient (Wildman–Crippen LogP) is 4.68. The molecule has 1 aromatic carbocycles. The Hall–Kier alpha value is -2.56. The summed E-state index contributed by atoms with van der Waals surface area (Å²) in [6, 6.07) is 9.50. The third kappa shape index (κ3) is 5.48. The SMILES string of the molecule is CC(C)c1ccc(NC(=O)CCCNC(=O)c2ccco2)c(C(C)C)c1. The second kappa shape index (κ2) is 9.22. The lowest BCUT2D eigenvalue weighted by Gasteiger charge is -2.17. The van der Waals surface area contributed by atoms with Crippen molar-refractivity contribution in [2.45, 2.75) is 52.4 Å². The van der Waals surface area contributed by atoms with E-state index < -0.39 is 0 Å². The van der Waals surface area contributed by atoms with Crippen molar-refractivity contribution in [1.82, 2.24) is 5.32 Å². The van der Waals surface area contributed by atoms with E-state index in [9.17, 15) is 9.59 Å². The Labute approximate surface area is 155 Å². The van der Waals surface area contributed by atoms with Crippen LogP contribution in [0.25, 0.3) is 0 Å². The third-order valence-electron chi connectivity index (χ3n) is 4.25. The van der Waals surface area contributed by atoms with E-state index in [1.165, 1.54) is 11.8 Å². The first-order valence-corrected chi connectivity index (χ1v) is 9.14. The van der Waals surface area contributed by atoms with Gasteiger partial charge in [-0.1, -0.05) is 39.8 Å². The third-order valence-corrected chi connectivity index (χ3v) is 4.25. The van der Waals surface area contributed by atoms with Gasteiger partial charge in [-0.3, -0.25) is 9.59 Å². The highest BCUT2D eigenvalue weighted by Crippen LogP contribution is 2.28. The van der Waals surface area contributed by atoms with Crippen LogP contribution < -0.4 is 10.6 Å². The molecule has 2 aromatic rings. The van der Waals surface area contributed by atoms with E-state index in [4.69, 9.17) is 4.42 Å².